The van der Waals surface area contributed by atoms with Crippen LogP contribution >= 0.6 is 0 Å². The van der Waals surface area contributed by atoms with E-state index in [4.69, 9.17) is 14.5 Å². The maximum absolute atomic E-state index is 6.18. The third-order valence-electron chi connectivity index (χ3n) is 6.69. The molecule has 0 saturated carbocycles. The topological polar surface area (TPSA) is 72.4 Å². The van der Waals surface area contributed by atoms with E-state index in [1.807, 2.05) is 6.92 Å². The van der Waals surface area contributed by atoms with Crippen LogP contribution in [0.3, 0.4) is 0 Å². The maximum atomic E-state index is 6.18. The number of hydrogen-bond acceptors (Lipinski definition) is 7. The number of nitrogens with zero attached hydrogens (tertiary/aromatic N) is 4. The van der Waals surface area contributed by atoms with Crippen molar-refractivity contribution in [1.29, 1.82) is 0 Å². The second kappa shape index (κ2) is 10.5. The van der Waals surface area contributed by atoms with Crippen LogP contribution in [-0.2, 0) is 17.6 Å². The predicted octanol–water partition coefficient (Wildman–Crippen LogP) is 4.53. The lowest BCUT2D eigenvalue weighted by atomic mass is 9.85. The summed E-state index contributed by atoms with van der Waals surface area (Å²) < 4.78 is 12.0. The fourth-order valence-electron chi connectivity index (χ4n) is 4.51. The highest BCUT2D eigenvalue weighted by Crippen LogP contribution is 2.40. The molecule has 0 unspecified atom stereocenters. The largest absolute Gasteiger partial charge is 0.467 e. The van der Waals surface area contributed by atoms with Crippen LogP contribution in [0.25, 0.3) is 11.3 Å². The SMILES string of the molecule is CCN1CCC[C@@H](Nc2nnc(-c3ccc4c(c3OCOCC[Si](C)(C)C)CC4)c(C)n2)C1. The van der Waals surface area contributed by atoms with Gasteiger partial charge in [0.1, 0.15) is 11.4 Å². The van der Waals surface area contributed by atoms with Crippen LogP contribution in [0.2, 0.25) is 25.7 Å². The van der Waals surface area contributed by atoms with Gasteiger partial charge in [0.2, 0.25) is 5.95 Å². The summed E-state index contributed by atoms with van der Waals surface area (Å²) in [6, 6.07) is 5.79. The molecule has 1 aliphatic carbocycles. The Labute approximate surface area is 199 Å². The first-order valence-electron chi connectivity index (χ1n) is 12.4. The molecule has 180 valence electrons. The lowest BCUT2D eigenvalue weighted by molar-refractivity contribution is 0.0215. The number of nitrogens with one attached hydrogen (secondary N) is 1. The average molecular weight is 470 g/mol. The molecule has 0 bridgehead atoms. The van der Waals surface area contributed by atoms with Crippen molar-refractivity contribution in [2.45, 2.75) is 71.3 Å². The summed E-state index contributed by atoms with van der Waals surface area (Å²) in [5.74, 6) is 1.50. The number of rotatable bonds is 10. The molecule has 1 aliphatic heterocycles. The van der Waals surface area contributed by atoms with Gasteiger partial charge in [0.25, 0.3) is 0 Å². The quantitative estimate of drug-likeness (QED) is 0.311. The molecular weight excluding hydrogens is 430 g/mol. The normalized spacial score (nSPS) is 18.5. The summed E-state index contributed by atoms with van der Waals surface area (Å²) in [7, 11) is -1.11. The summed E-state index contributed by atoms with van der Waals surface area (Å²) in [5.41, 5.74) is 5.23. The minimum atomic E-state index is -1.11. The molecule has 1 N–H and O–H groups in total. The Hall–Kier alpha value is -2.03. The number of benzene rings is 1. The molecule has 2 aromatic rings. The van der Waals surface area contributed by atoms with Crippen LogP contribution in [0.1, 0.15) is 36.6 Å². The fraction of sp³-hybridized carbons (Fsp3) is 0.640. The molecule has 1 aromatic heterocycles. The van der Waals surface area contributed by atoms with Crippen molar-refractivity contribution < 1.29 is 9.47 Å². The van der Waals surface area contributed by atoms with Crippen molar-refractivity contribution in [2.24, 2.45) is 0 Å². The van der Waals surface area contributed by atoms with E-state index in [1.54, 1.807) is 0 Å². The van der Waals surface area contributed by atoms with Gasteiger partial charge in [-0.3, -0.25) is 0 Å². The summed E-state index contributed by atoms with van der Waals surface area (Å²) in [4.78, 5) is 7.22. The lowest BCUT2D eigenvalue weighted by Gasteiger charge is -2.32. The van der Waals surface area contributed by atoms with E-state index in [0.29, 0.717) is 12.0 Å². The van der Waals surface area contributed by atoms with E-state index in [9.17, 15) is 0 Å². The number of likely N-dealkylation sites (tertiary alicyclic amines) is 1. The number of aryl methyl sites for hydroxylation is 2. The Morgan fingerprint density at radius 1 is 1.18 bits per heavy atom. The summed E-state index contributed by atoms with van der Waals surface area (Å²) >= 11 is 0. The Kier molecular flexibility index (Phi) is 7.66. The molecule has 1 atom stereocenters. The van der Waals surface area contributed by atoms with Crippen LogP contribution in [0.5, 0.6) is 5.75 Å². The second-order valence-corrected chi connectivity index (χ2v) is 16.1. The molecule has 2 heterocycles. The highest BCUT2D eigenvalue weighted by molar-refractivity contribution is 6.76. The minimum absolute atomic E-state index is 0.267. The van der Waals surface area contributed by atoms with Crippen molar-refractivity contribution in [2.75, 3.05) is 38.4 Å². The molecule has 0 radical (unpaired) electrons. The first-order valence-corrected chi connectivity index (χ1v) is 16.1. The Morgan fingerprint density at radius 2 is 2.03 bits per heavy atom. The van der Waals surface area contributed by atoms with Crippen molar-refractivity contribution in [3.63, 3.8) is 0 Å². The smallest absolute Gasteiger partial charge is 0.243 e. The molecular formula is C25H39N5O2Si. The number of anilines is 1. The van der Waals surface area contributed by atoms with E-state index < -0.39 is 8.07 Å². The standard InChI is InChI=1S/C25H39N5O2Si/c1-6-30-13-7-8-20(16-30)27-25-26-18(2)23(28-29-25)22-12-10-19-9-11-21(19)24(22)32-17-31-14-15-33(3,4)5/h10,12,20H,6-9,11,13-17H2,1-5H3,(H,26,27,29)/t20-/m1/s1. The van der Waals surface area contributed by atoms with Gasteiger partial charge in [-0.2, -0.15) is 0 Å². The number of aromatic nitrogens is 3. The number of fused-ring (bicyclic) bond motifs is 1. The van der Waals surface area contributed by atoms with E-state index in [1.165, 1.54) is 24.1 Å². The molecule has 1 fully saturated rings. The molecule has 1 saturated heterocycles. The molecule has 4 rings (SSSR count). The molecule has 7 nitrogen and oxygen atoms in total. The Balaban J connectivity index is 1.46. The summed E-state index contributed by atoms with van der Waals surface area (Å²) in [6.07, 6.45) is 4.47. The fourth-order valence-corrected chi connectivity index (χ4v) is 5.26. The molecule has 0 spiro atoms. The zero-order chi connectivity index (χ0) is 23.4. The zero-order valence-corrected chi connectivity index (χ0v) is 21.9. The second-order valence-electron chi connectivity index (χ2n) is 10.5. The van der Waals surface area contributed by atoms with Crippen LogP contribution in [0.4, 0.5) is 5.95 Å². The van der Waals surface area contributed by atoms with Gasteiger partial charge in [0.15, 0.2) is 6.79 Å². The van der Waals surface area contributed by atoms with Crippen molar-refractivity contribution >= 4 is 14.0 Å². The van der Waals surface area contributed by atoms with Gasteiger partial charge in [-0.05, 0) is 68.9 Å². The summed E-state index contributed by atoms with van der Waals surface area (Å²) in [6.45, 7) is 15.6. The van der Waals surface area contributed by atoms with Gasteiger partial charge in [-0.15, -0.1) is 10.2 Å². The van der Waals surface area contributed by atoms with Crippen molar-refractivity contribution in [3.05, 3.63) is 29.0 Å². The lowest BCUT2D eigenvalue weighted by Crippen LogP contribution is -2.42. The van der Waals surface area contributed by atoms with Crippen LogP contribution < -0.4 is 10.1 Å². The van der Waals surface area contributed by atoms with E-state index in [2.05, 4.69) is 59.1 Å². The Bertz CT molecular complexity index is 963. The van der Waals surface area contributed by atoms with Gasteiger partial charge in [-0.25, -0.2) is 4.98 Å². The summed E-state index contributed by atoms with van der Waals surface area (Å²) in [5, 5.41) is 12.5. The van der Waals surface area contributed by atoms with E-state index in [-0.39, 0.29) is 6.79 Å². The number of likely N-dealkylation sites (N-methyl/N-ethyl adjacent to an activating group) is 1. The minimum Gasteiger partial charge on any atom is -0.467 e. The van der Waals surface area contributed by atoms with Gasteiger partial charge in [0.05, 0.1) is 5.69 Å². The molecule has 2 aliphatic rings. The number of hydrogen-bond donors (Lipinski definition) is 1. The number of ether oxygens (including phenoxy) is 2. The van der Waals surface area contributed by atoms with E-state index in [0.717, 1.165) is 67.7 Å². The highest BCUT2D eigenvalue weighted by atomic mass is 28.3. The predicted molar refractivity (Wildman–Crippen MR) is 136 cm³/mol. The first kappa shape index (κ1) is 24.1. The molecule has 33 heavy (non-hydrogen) atoms. The third kappa shape index (κ3) is 6.10. The van der Waals surface area contributed by atoms with Gasteiger partial charge < -0.3 is 19.7 Å². The number of piperidine rings is 1. The molecule has 8 heteroatoms. The van der Waals surface area contributed by atoms with Crippen LogP contribution in [-0.4, -0.2) is 67.2 Å². The van der Waals surface area contributed by atoms with Crippen molar-refractivity contribution in [3.8, 4) is 17.0 Å². The molecule has 1 aromatic carbocycles. The zero-order valence-electron chi connectivity index (χ0n) is 20.9. The average Bonchev–Trinajstić information content (AvgIpc) is 2.74. The van der Waals surface area contributed by atoms with Gasteiger partial charge >= 0.3 is 0 Å². The Morgan fingerprint density at radius 3 is 2.73 bits per heavy atom. The van der Waals surface area contributed by atoms with Gasteiger partial charge in [-0.1, -0.05) is 32.6 Å². The van der Waals surface area contributed by atoms with Crippen molar-refractivity contribution in [1.82, 2.24) is 20.1 Å². The maximum Gasteiger partial charge on any atom is 0.243 e. The third-order valence-corrected chi connectivity index (χ3v) is 8.39. The van der Waals surface area contributed by atoms with Gasteiger partial charge in [0, 0.05) is 32.8 Å². The monoisotopic (exact) mass is 469 g/mol. The highest BCUT2D eigenvalue weighted by Gasteiger charge is 2.25. The van der Waals surface area contributed by atoms with E-state index >= 15 is 0 Å². The van der Waals surface area contributed by atoms with Crippen LogP contribution in [0, 0.1) is 6.92 Å². The first-order chi connectivity index (χ1) is 15.8. The van der Waals surface area contributed by atoms with Crippen LogP contribution in [0.15, 0.2) is 12.1 Å². The molecule has 0 amide bonds.